The lowest BCUT2D eigenvalue weighted by molar-refractivity contribution is 0.101. The molecule has 2 aromatic heterocycles. The van der Waals surface area contributed by atoms with Crippen LogP contribution in [0.4, 0.5) is 18.9 Å². The summed E-state index contributed by atoms with van der Waals surface area (Å²) in [6.07, 6.45) is -0.500. The largest absolute Gasteiger partial charge is 0.340 e. The van der Waals surface area contributed by atoms with E-state index < -0.39 is 12.2 Å². The summed E-state index contributed by atoms with van der Waals surface area (Å²) in [5, 5.41) is 9.47. The third-order valence-corrected chi connectivity index (χ3v) is 4.42. The second-order valence-corrected chi connectivity index (χ2v) is 6.72. The maximum atomic E-state index is 13.3. The highest BCUT2D eigenvalue weighted by atomic mass is 35.5. The topological polar surface area (TPSA) is 89.4 Å². The third kappa shape index (κ3) is 5.22. The van der Waals surface area contributed by atoms with E-state index in [0.29, 0.717) is 41.2 Å². The van der Waals surface area contributed by atoms with Crippen molar-refractivity contribution in [3.63, 3.8) is 0 Å². The molecule has 3 aromatic rings. The number of imidazole rings is 1. The first-order chi connectivity index (χ1) is 13.9. The molecule has 29 heavy (non-hydrogen) atoms. The van der Waals surface area contributed by atoms with Crippen molar-refractivity contribution in [3.8, 4) is 0 Å². The van der Waals surface area contributed by atoms with E-state index in [-0.39, 0.29) is 17.4 Å². The Morgan fingerprint density at radius 3 is 2.86 bits per heavy atom. The lowest BCUT2D eigenvalue weighted by Gasteiger charge is -2.14. The first-order valence-electron chi connectivity index (χ1n) is 8.62. The van der Waals surface area contributed by atoms with Crippen molar-refractivity contribution < 1.29 is 18.4 Å². The van der Waals surface area contributed by atoms with E-state index in [1.54, 1.807) is 13.1 Å². The van der Waals surface area contributed by atoms with Crippen molar-refractivity contribution >= 4 is 34.3 Å². The molecule has 1 aromatic carbocycles. The zero-order valence-electron chi connectivity index (χ0n) is 15.3. The molecule has 0 radical (unpaired) electrons. The number of H-pyrrole nitrogens is 1. The maximum Gasteiger partial charge on any atom is 0.251 e. The normalized spacial score (nSPS) is 12.3. The van der Waals surface area contributed by atoms with Gasteiger partial charge in [0.25, 0.3) is 6.43 Å². The van der Waals surface area contributed by atoms with Crippen molar-refractivity contribution in [3.05, 3.63) is 52.7 Å². The van der Waals surface area contributed by atoms with E-state index in [0.717, 1.165) is 0 Å². The molecule has 0 saturated heterocycles. The Kier molecular flexibility index (Phi) is 6.68. The van der Waals surface area contributed by atoms with Crippen LogP contribution in [0.1, 0.15) is 11.4 Å². The highest BCUT2D eigenvalue weighted by Gasteiger charge is 2.14. The number of nitrogens with one attached hydrogen (secondary N) is 2. The number of hydrogen-bond donors (Lipinski definition) is 3. The molecule has 0 fully saturated rings. The quantitative estimate of drug-likeness (QED) is 0.305. The van der Waals surface area contributed by atoms with Crippen LogP contribution >= 0.6 is 11.6 Å². The predicted octanol–water partition coefficient (Wildman–Crippen LogP) is 3.55. The van der Waals surface area contributed by atoms with Crippen LogP contribution in [-0.2, 0) is 6.42 Å². The molecule has 0 saturated carbocycles. The number of aromatic nitrogens is 3. The van der Waals surface area contributed by atoms with Crippen molar-refractivity contribution in [1.82, 2.24) is 25.3 Å². The molecule has 0 spiro atoms. The number of likely N-dealkylation sites (N-methyl/N-ethyl adjacent to an activating group) is 1. The molecule has 2 heterocycles. The molecule has 0 atom stereocenters. The third-order valence-electron chi connectivity index (χ3n) is 4.13. The van der Waals surface area contributed by atoms with E-state index >= 15 is 0 Å². The van der Waals surface area contributed by atoms with E-state index in [4.69, 9.17) is 11.6 Å². The van der Waals surface area contributed by atoms with Gasteiger partial charge in [-0.25, -0.2) is 28.1 Å². The summed E-state index contributed by atoms with van der Waals surface area (Å²) in [6.45, 7) is 0.0575. The van der Waals surface area contributed by atoms with E-state index in [2.05, 4.69) is 19.9 Å². The second kappa shape index (κ2) is 9.21. The minimum absolute atomic E-state index is 0.0742. The molecule has 7 nitrogen and oxygen atoms in total. The van der Waals surface area contributed by atoms with Gasteiger partial charge >= 0.3 is 0 Å². The Morgan fingerprint density at radius 1 is 1.38 bits per heavy atom. The lowest BCUT2D eigenvalue weighted by atomic mass is 10.2. The fraction of sp³-hybridized carbons (Fsp3) is 0.278. The number of hydrogen-bond acceptors (Lipinski definition) is 5. The molecule has 3 N–H and O–H groups in total. The Balaban J connectivity index is 1.89. The average molecular weight is 427 g/mol. The summed E-state index contributed by atoms with van der Waals surface area (Å²) < 4.78 is 38.2. The summed E-state index contributed by atoms with van der Waals surface area (Å²) in [7, 11) is 1.60. The summed E-state index contributed by atoms with van der Waals surface area (Å²) in [5.74, 6) is 0.0544. The Bertz CT molecular complexity index is 1030. The van der Waals surface area contributed by atoms with Crippen LogP contribution < -0.4 is 5.48 Å². The number of aromatic amines is 1. The van der Waals surface area contributed by atoms with Gasteiger partial charge in [0.1, 0.15) is 11.6 Å². The molecular weight excluding hydrogens is 409 g/mol. The van der Waals surface area contributed by atoms with Gasteiger partial charge in [-0.15, -0.1) is 0 Å². The standard InChI is InChI=1S/C18H18ClF3N6O/c1-28(9-14(21)22)7-5-15-25-16-11(4-6-23-18(16)26-15)17(27-29)24-10-2-3-13(20)12(19)8-10/h2-4,6,8,14,29H,5,7,9H2,1H3,(H,24,27)(H,23,25,26). The van der Waals surface area contributed by atoms with Gasteiger partial charge in [-0.1, -0.05) is 11.6 Å². The first kappa shape index (κ1) is 21.0. The minimum Gasteiger partial charge on any atom is -0.340 e. The fourth-order valence-corrected chi connectivity index (χ4v) is 2.90. The molecule has 0 amide bonds. The van der Waals surface area contributed by atoms with Gasteiger partial charge in [-0.2, -0.15) is 0 Å². The van der Waals surface area contributed by atoms with E-state index in [9.17, 15) is 18.4 Å². The van der Waals surface area contributed by atoms with Gasteiger partial charge in [0.15, 0.2) is 11.5 Å². The zero-order valence-corrected chi connectivity index (χ0v) is 16.1. The summed E-state index contributed by atoms with van der Waals surface area (Å²) in [5.41, 5.74) is 3.71. The maximum absolute atomic E-state index is 13.3. The van der Waals surface area contributed by atoms with Crippen LogP contribution in [0.15, 0.2) is 35.5 Å². The fourth-order valence-electron chi connectivity index (χ4n) is 2.73. The molecule has 0 aliphatic rings. The SMILES string of the molecule is CN(CCc1nc2nccc(C(=Nc3ccc(F)c(Cl)c3)NO)c2[nH]1)CC(F)F. The Morgan fingerprint density at radius 2 is 2.17 bits per heavy atom. The Labute approximate surface area is 169 Å². The van der Waals surface area contributed by atoms with Gasteiger partial charge < -0.3 is 9.88 Å². The number of hydroxylamine groups is 1. The summed E-state index contributed by atoms with van der Waals surface area (Å²) in [6, 6.07) is 5.51. The van der Waals surface area contributed by atoms with Crippen molar-refractivity contribution in [2.75, 3.05) is 20.1 Å². The predicted molar refractivity (Wildman–Crippen MR) is 104 cm³/mol. The number of nitrogens with zero attached hydrogens (tertiary/aromatic N) is 4. The monoisotopic (exact) mass is 426 g/mol. The number of benzene rings is 1. The van der Waals surface area contributed by atoms with Crippen LogP contribution in [0, 0.1) is 5.82 Å². The van der Waals surface area contributed by atoms with Crippen molar-refractivity contribution in [2.45, 2.75) is 12.8 Å². The highest BCUT2D eigenvalue weighted by Crippen LogP contribution is 2.23. The number of rotatable bonds is 7. The first-order valence-corrected chi connectivity index (χ1v) is 8.99. The molecule has 11 heteroatoms. The van der Waals surface area contributed by atoms with E-state index in [1.807, 2.05) is 5.48 Å². The van der Waals surface area contributed by atoms with Gasteiger partial charge in [-0.3, -0.25) is 10.7 Å². The smallest absolute Gasteiger partial charge is 0.251 e. The number of amidine groups is 1. The van der Waals surface area contributed by atoms with Crippen LogP contribution in [0.3, 0.4) is 0 Å². The van der Waals surface area contributed by atoms with Gasteiger partial charge in [0, 0.05) is 24.7 Å². The number of halogens is 4. The van der Waals surface area contributed by atoms with E-state index in [1.165, 1.54) is 29.3 Å². The molecule has 154 valence electrons. The average Bonchev–Trinajstić information content (AvgIpc) is 3.10. The number of alkyl halides is 2. The molecular formula is C18H18ClF3N6O. The Hall–Kier alpha value is -2.69. The van der Waals surface area contributed by atoms with Crippen LogP contribution in [-0.4, -0.2) is 57.5 Å². The summed E-state index contributed by atoms with van der Waals surface area (Å²) in [4.78, 5) is 17.4. The summed E-state index contributed by atoms with van der Waals surface area (Å²) >= 11 is 5.77. The van der Waals surface area contributed by atoms with Crippen LogP contribution in [0.5, 0.6) is 0 Å². The molecule has 0 aliphatic carbocycles. The van der Waals surface area contributed by atoms with Gasteiger partial charge in [0.2, 0.25) is 0 Å². The number of pyridine rings is 1. The van der Waals surface area contributed by atoms with Gasteiger partial charge in [0.05, 0.1) is 22.8 Å². The van der Waals surface area contributed by atoms with Crippen LogP contribution in [0.2, 0.25) is 5.02 Å². The molecule has 0 aliphatic heterocycles. The van der Waals surface area contributed by atoms with Crippen LogP contribution in [0.25, 0.3) is 11.2 Å². The lowest BCUT2D eigenvalue weighted by Crippen LogP contribution is -2.27. The number of fused-ring (bicyclic) bond motifs is 1. The molecule has 3 rings (SSSR count). The minimum atomic E-state index is -2.40. The van der Waals surface area contributed by atoms with Crippen molar-refractivity contribution in [1.29, 1.82) is 0 Å². The number of aliphatic imine (C=N–C) groups is 1. The molecule has 0 bridgehead atoms. The van der Waals surface area contributed by atoms with Crippen molar-refractivity contribution in [2.24, 2.45) is 4.99 Å². The highest BCUT2D eigenvalue weighted by molar-refractivity contribution is 6.31. The zero-order chi connectivity index (χ0) is 21.0. The molecule has 0 unspecified atom stereocenters. The van der Waals surface area contributed by atoms with Gasteiger partial charge in [-0.05, 0) is 31.3 Å². The second-order valence-electron chi connectivity index (χ2n) is 6.31.